The van der Waals surface area contributed by atoms with E-state index in [0.29, 0.717) is 108 Å². The summed E-state index contributed by atoms with van der Waals surface area (Å²) in [5.41, 5.74) is 4.68. The number of ether oxygens (including phenoxy) is 5. The van der Waals surface area contributed by atoms with Gasteiger partial charge in [0.05, 0.1) is 36.2 Å². The predicted octanol–water partition coefficient (Wildman–Crippen LogP) is 8.84. The number of piperazine rings is 1. The zero-order valence-electron chi connectivity index (χ0n) is 56.1. The van der Waals surface area contributed by atoms with Gasteiger partial charge in [0.25, 0.3) is 11.7 Å². The molecular formula is C72H98N8O13. The first-order chi connectivity index (χ1) is 44.6. The van der Waals surface area contributed by atoms with Crippen LogP contribution in [0.4, 0.5) is 5.95 Å². The molecule has 0 radical (unpaired) electrons. The fourth-order valence-electron chi connectivity index (χ4n) is 14.1. The summed E-state index contributed by atoms with van der Waals surface area (Å²) in [6.07, 6.45) is 23.1. The first kappa shape index (κ1) is 71.8. The average molecular weight is 1280 g/mol. The second-order valence-corrected chi connectivity index (χ2v) is 26.6. The summed E-state index contributed by atoms with van der Waals surface area (Å²) in [6.45, 7) is 15.2. The minimum absolute atomic E-state index is 0.00571. The van der Waals surface area contributed by atoms with E-state index in [1.54, 1.807) is 47.3 Å². The Bertz CT molecular complexity index is 3240. The number of hydrogen-bond acceptors (Lipinski definition) is 18. The summed E-state index contributed by atoms with van der Waals surface area (Å²) in [6, 6.07) is 6.68. The number of cyclic esters (lactones) is 1. The average Bonchev–Trinajstić information content (AvgIpc) is 1.54. The number of Topliss-reactive ketones (excluding diaryl/α,β-unsaturated/α-hetero) is 3. The number of hydrogen-bond donors (Lipinski definition) is 2. The van der Waals surface area contributed by atoms with Gasteiger partial charge in [0.2, 0.25) is 17.6 Å². The Balaban J connectivity index is 1.01. The van der Waals surface area contributed by atoms with Gasteiger partial charge in [-0.05, 0) is 119 Å². The van der Waals surface area contributed by atoms with Gasteiger partial charge in [-0.25, -0.2) is 19.4 Å². The number of fused-ring (bicyclic) bond motifs is 3. The van der Waals surface area contributed by atoms with E-state index >= 15 is 0 Å². The lowest BCUT2D eigenvalue weighted by Gasteiger charge is -2.42. The lowest BCUT2D eigenvalue weighted by Crippen LogP contribution is -2.61. The fraction of sp³-hybridized carbons (Fsp3) is 0.611. The van der Waals surface area contributed by atoms with Crippen molar-refractivity contribution in [2.75, 3.05) is 59.0 Å². The van der Waals surface area contributed by atoms with Gasteiger partial charge in [-0.15, -0.1) is 17.4 Å². The molecule has 2 bridgehead atoms. The topological polar surface area (TPSA) is 255 Å². The number of amides is 2. The third kappa shape index (κ3) is 17.8. The fourth-order valence-corrected chi connectivity index (χ4v) is 14.1. The molecule has 1 saturated carbocycles. The highest BCUT2D eigenvalue weighted by Crippen LogP contribution is 2.41. The van der Waals surface area contributed by atoms with E-state index in [1.807, 2.05) is 98.2 Å². The van der Waals surface area contributed by atoms with Crippen molar-refractivity contribution >= 4 is 41.1 Å². The second-order valence-electron chi connectivity index (χ2n) is 26.6. The molecular weight excluding hydrogens is 1180 g/mol. The molecule has 3 aromatic rings. The van der Waals surface area contributed by atoms with Crippen LogP contribution in [0.25, 0.3) is 22.4 Å². The first-order valence-corrected chi connectivity index (χ1v) is 33.4. The number of benzene rings is 1. The number of methoxy groups -OCH3 is 3. The minimum Gasteiger partial charge on any atom is -0.460 e. The van der Waals surface area contributed by atoms with Crippen molar-refractivity contribution in [2.45, 2.75) is 193 Å². The van der Waals surface area contributed by atoms with E-state index in [2.05, 4.69) is 27.2 Å². The summed E-state index contributed by atoms with van der Waals surface area (Å²) < 4.78 is 32.5. The molecule has 2 amide bonds. The van der Waals surface area contributed by atoms with E-state index in [4.69, 9.17) is 40.1 Å². The van der Waals surface area contributed by atoms with Crippen LogP contribution in [0.3, 0.4) is 0 Å². The number of aliphatic hydroxyl groups is 2. The molecule has 21 nitrogen and oxygen atoms in total. The smallest absolute Gasteiger partial charge is 0.329 e. The van der Waals surface area contributed by atoms with E-state index in [9.17, 15) is 39.0 Å². The SMILES string of the molecule is C#CCCC(=O)N1CCN(c2ncc(-c3cccc(-c4cnnn4[C@H]4CC[C@@H](C[C@@H](C)[C@@H]5CC(=O)[C@H](C)/C=C(\C)[C@@H](O)[C@@H](OC)C(=O)[C@H](C)C[C@H](C)/C=C/C=C/C=C(\C)[C@@H](OC)C[C@@H]6CC[C@@H](C)[C@@](O)(O6)C(=O)C(=O)N6CCCC[C@H]6C(=O)O5)C[C@H]4OC)c3)cn2)CC1. The molecule has 4 aliphatic heterocycles. The molecule has 4 fully saturated rings. The number of aliphatic hydroxyl groups excluding tert-OH is 1. The monoisotopic (exact) mass is 1280 g/mol. The van der Waals surface area contributed by atoms with Crippen molar-refractivity contribution in [3.05, 3.63) is 90.5 Å². The van der Waals surface area contributed by atoms with Crippen LogP contribution in [-0.4, -0.2) is 183 Å². The summed E-state index contributed by atoms with van der Waals surface area (Å²) >= 11 is 0. The lowest BCUT2D eigenvalue weighted by molar-refractivity contribution is -0.265. The maximum absolute atomic E-state index is 14.9. The summed E-state index contributed by atoms with van der Waals surface area (Å²) in [5.74, 6) is -5.13. The van der Waals surface area contributed by atoms with Gasteiger partial charge in [-0.1, -0.05) is 94.5 Å². The highest BCUT2D eigenvalue weighted by atomic mass is 16.6. The quantitative estimate of drug-likeness (QED) is 0.0743. The summed E-state index contributed by atoms with van der Waals surface area (Å²) in [5, 5.41) is 32.9. The van der Waals surface area contributed by atoms with Crippen molar-refractivity contribution in [3.63, 3.8) is 0 Å². The van der Waals surface area contributed by atoms with E-state index in [1.165, 1.54) is 12.0 Å². The summed E-state index contributed by atoms with van der Waals surface area (Å²) in [7, 11) is 4.64. The normalized spacial score (nSPS) is 32.7. The van der Waals surface area contributed by atoms with Crippen molar-refractivity contribution < 1.29 is 62.7 Å². The van der Waals surface area contributed by atoms with Crippen LogP contribution in [0, 0.1) is 47.9 Å². The standard InChI is InChI=1S/C72H98N8O13/c1-12-13-25-64(82)77-31-33-78(34-32-77)71-73-42-55(43-74-71)53-22-19-23-54(39-53)59-44-75-76-80(59)57-29-27-52(38-63(57)90-10)37-48(5)62-41-60(81)47(4)36-50(7)66(84)67(91-11)65(83)49(6)35-45(2)20-15-14-16-21-46(3)61(89-9)40-56-28-26-51(8)72(88,93-56)68(85)69(86)79-30-18-17-24-58(79)70(87)92-62/h1,14-16,19-23,36,39,42-45,47-49,51-52,56-58,61-63,66-67,84,88H,13,17-18,24-35,37-38,40-41H2,2-11H3/b16-14+,20-15+,46-21+,50-36+/t45-,47-,48-,49-,51-,52+,56+,57+,58+,61+,62+,63-,66-,67+,72-/m1/s1. The van der Waals surface area contributed by atoms with Crippen molar-refractivity contribution in [3.8, 4) is 34.7 Å². The maximum Gasteiger partial charge on any atom is 0.329 e. The number of terminal acetylenes is 1. The van der Waals surface area contributed by atoms with Crippen LogP contribution in [0.1, 0.15) is 144 Å². The molecule has 2 aromatic heterocycles. The van der Waals surface area contributed by atoms with Gasteiger partial charge in [0, 0.05) is 121 Å². The molecule has 0 spiro atoms. The number of rotatable bonds is 12. The number of ketones is 3. The number of esters is 1. The van der Waals surface area contributed by atoms with Gasteiger partial charge in [0.1, 0.15) is 30.1 Å². The predicted molar refractivity (Wildman–Crippen MR) is 352 cm³/mol. The van der Waals surface area contributed by atoms with Crippen LogP contribution in [0.15, 0.2) is 90.5 Å². The third-order valence-electron chi connectivity index (χ3n) is 19.9. The molecule has 2 N–H and O–H groups in total. The molecule has 0 unspecified atom stereocenters. The van der Waals surface area contributed by atoms with Crippen molar-refractivity contribution in [1.29, 1.82) is 0 Å². The zero-order chi connectivity index (χ0) is 67.1. The Morgan fingerprint density at radius 1 is 0.839 bits per heavy atom. The van der Waals surface area contributed by atoms with E-state index < -0.39 is 83.7 Å². The van der Waals surface area contributed by atoms with E-state index in [-0.39, 0.29) is 60.8 Å². The summed E-state index contributed by atoms with van der Waals surface area (Å²) in [4.78, 5) is 99.6. The van der Waals surface area contributed by atoms with Gasteiger partial charge in [-0.2, -0.15) is 0 Å². The number of piperidine rings is 1. The van der Waals surface area contributed by atoms with Crippen molar-refractivity contribution in [2.24, 2.45) is 35.5 Å². The number of carbonyl (C=O) groups is 6. The largest absolute Gasteiger partial charge is 0.460 e. The number of aromatic nitrogens is 5. The molecule has 15 atom stereocenters. The minimum atomic E-state index is -2.47. The number of anilines is 1. The number of carbonyl (C=O) groups excluding carboxylic acids is 6. The van der Waals surface area contributed by atoms with Gasteiger partial charge in [-0.3, -0.25) is 24.0 Å². The molecule has 93 heavy (non-hydrogen) atoms. The Labute approximate surface area is 548 Å². The van der Waals surface area contributed by atoms with Crippen LogP contribution >= 0.6 is 0 Å². The second kappa shape index (κ2) is 33.4. The van der Waals surface area contributed by atoms with Crippen LogP contribution in [0.5, 0.6) is 0 Å². The van der Waals surface area contributed by atoms with Crippen molar-refractivity contribution in [1.82, 2.24) is 34.8 Å². The maximum atomic E-state index is 14.9. The Morgan fingerprint density at radius 2 is 1.58 bits per heavy atom. The molecule has 6 heterocycles. The van der Waals surface area contributed by atoms with Gasteiger partial charge >= 0.3 is 5.97 Å². The Kier molecular flexibility index (Phi) is 25.7. The highest BCUT2D eigenvalue weighted by Gasteiger charge is 2.53. The number of nitrogens with zero attached hydrogens (tertiary/aromatic N) is 8. The molecule has 5 aliphatic rings. The first-order valence-electron chi connectivity index (χ1n) is 33.4. The number of allylic oxidation sites excluding steroid dienone is 6. The lowest BCUT2D eigenvalue weighted by atomic mass is 9.77. The molecule has 21 heteroatoms. The Morgan fingerprint density at radius 3 is 2.29 bits per heavy atom. The van der Waals surface area contributed by atoms with Gasteiger partial charge < -0.3 is 48.6 Å². The molecule has 1 aliphatic carbocycles. The molecule has 3 saturated heterocycles. The van der Waals surface area contributed by atoms with Crippen LogP contribution in [0.2, 0.25) is 0 Å². The third-order valence-corrected chi connectivity index (χ3v) is 19.9. The molecule has 504 valence electrons. The Hall–Kier alpha value is -7.06. The zero-order valence-corrected chi connectivity index (χ0v) is 56.1. The molecule has 1 aromatic carbocycles. The van der Waals surface area contributed by atoms with Crippen LogP contribution in [-0.2, 0) is 52.5 Å². The van der Waals surface area contributed by atoms with Crippen LogP contribution < -0.4 is 4.90 Å². The van der Waals surface area contributed by atoms with E-state index in [0.717, 1.165) is 34.4 Å². The van der Waals surface area contributed by atoms with Gasteiger partial charge in [0.15, 0.2) is 5.78 Å². The highest BCUT2D eigenvalue weighted by molar-refractivity contribution is 6.39. The molecule has 8 rings (SSSR count).